The minimum Gasteiger partial charge on any atom is -0.465 e. The third-order valence-corrected chi connectivity index (χ3v) is 4.89. The number of anilines is 1. The monoisotopic (exact) mass is 396 g/mol. The highest BCUT2D eigenvalue weighted by atomic mass is 16.5. The number of hydrogen-bond acceptors (Lipinski definition) is 6. The van der Waals surface area contributed by atoms with E-state index in [1.54, 1.807) is 29.2 Å². The Morgan fingerprint density at radius 2 is 1.83 bits per heavy atom. The molecule has 0 saturated carbocycles. The average molecular weight is 396 g/mol. The number of methoxy groups -OCH3 is 1. The zero-order chi connectivity index (χ0) is 20.8. The van der Waals surface area contributed by atoms with Crippen LogP contribution in [0.2, 0.25) is 0 Å². The molecule has 0 spiro atoms. The molecule has 29 heavy (non-hydrogen) atoms. The second kappa shape index (κ2) is 9.29. The molecule has 0 aliphatic carbocycles. The number of esters is 1. The third-order valence-electron chi connectivity index (χ3n) is 4.89. The Morgan fingerprint density at radius 3 is 2.52 bits per heavy atom. The Hall–Kier alpha value is -3.26. The molecule has 1 fully saturated rings. The van der Waals surface area contributed by atoms with Gasteiger partial charge < -0.3 is 19.9 Å². The molecule has 0 atom stereocenters. The maximum Gasteiger partial charge on any atom is 0.337 e. The van der Waals surface area contributed by atoms with Gasteiger partial charge in [0.25, 0.3) is 11.8 Å². The molecular weight excluding hydrogens is 372 g/mol. The van der Waals surface area contributed by atoms with E-state index in [0.717, 1.165) is 19.6 Å². The Morgan fingerprint density at radius 1 is 1.07 bits per heavy atom. The molecule has 152 valence electrons. The van der Waals surface area contributed by atoms with Crippen molar-refractivity contribution in [2.24, 2.45) is 0 Å². The van der Waals surface area contributed by atoms with Gasteiger partial charge in [-0.05, 0) is 36.9 Å². The van der Waals surface area contributed by atoms with Crippen LogP contribution in [-0.4, -0.2) is 72.4 Å². The van der Waals surface area contributed by atoms with Crippen molar-refractivity contribution < 1.29 is 19.1 Å². The summed E-state index contributed by atoms with van der Waals surface area (Å²) >= 11 is 0. The van der Waals surface area contributed by atoms with Crippen molar-refractivity contribution in [3.05, 3.63) is 59.4 Å². The van der Waals surface area contributed by atoms with Crippen LogP contribution in [0.15, 0.2) is 42.6 Å². The summed E-state index contributed by atoms with van der Waals surface area (Å²) < 4.78 is 4.69. The van der Waals surface area contributed by atoms with Crippen LogP contribution in [-0.2, 0) is 4.74 Å². The molecule has 0 bridgehead atoms. The highest BCUT2D eigenvalue weighted by molar-refractivity contribution is 6.06. The van der Waals surface area contributed by atoms with Crippen LogP contribution in [0, 0.1) is 0 Å². The van der Waals surface area contributed by atoms with Crippen LogP contribution in [0.1, 0.15) is 38.1 Å². The number of aromatic nitrogens is 1. The molecule has 1 aliphatic heterocycles. The molecular formula is C21H24N4O4. The number of likely N-dealkylation sites (N-methyl/N-ethyl adjacent to an activating group) is 1. The number of carbonyl (C=O) groups excluding carboxylic acids is 3. The molecule has 1 aromatic heterocycles. The van der Waals surface area contributed by atoms with Crippen LogP contribution in [0.25, 0.3) is 0 Å². The molecule has 1 saturated heterocycles. The van der Waals surface area contributed by atoms with Crippen LogP contribution < -0.4 is 5.32 Å². The van der Waals surface area contributed by atoms with Gasteiger partial charge in [0.2, 0.25) is 0 Å². The molecule has 2 heterocycles. The highest BCUT2D eigenvalue weighted by Gasteiger charge is 2.23. The fraction of sp³-hybridized carbons (Fsp3) is 0.333. The topological polar surface area (TPSA) is 91.8 Å². The first kappa shape index (κ1) is 20.5. The molecule has 1 N–H and O–H groups in total. The molecule has 3 rings (SSSR count). The number of rotatable bonds is 5. The van der Waals surface area contributed by atoms with E-state index in [4.69, 9.17) is 0 Å². The second-order valence-electron chi connectivity index (χ2n) is 6.68. The van der Waals surface area contributed by atoms with E-state index < -0.39 is 5.97 Å². The molecule has 8 heteroatoms. The highest BCUT2D eigenvalue weighted by Crippen LogP contribution is 2.14. The van der Waals surface area contributed by atoms with Gasteiger partial charge in [0, 0.05) is 43.6 Å². The van der Waals surface area contributed by atoms with Gasteiger partial charge in [-0.1, -0.05) is 13.0 Å². The standard InChI is InChI=1S/C21H24N4O4/c1-3-24-9-11-25(12-10-24)20(27)18-14-15(7-8-22-18)19(26)23-17-6-4-5-16(13-17)21(28)29-2/h4-8,13-14H,3,9-12H2,1-2H3,(H,23,26). The number of nitrogens with zero attached hydrogens (tertiary/aromatic N) is 3. The summed E-state index contributed by atoms with van der Waals surface area (Å²) in [5.74, 6) is -1.05. The maximum absolute atomic E-state index is 12.7. The number of ether oxygens (including phenoxy) is 1. The Kier molecular flexibility index (Phi) is 6.56. The summed E-state index contributed by atoms with van der Waals surface area (Å²) in [5.41, 5.74) is 1.35. The van der Waals surface area contributed by atoms with Crippen molar-refractivity contribution in [1.29, 1.82) is 0 Å². The van der Waals surface area contributed by atoms with E-state index >= 15 is 0 Å². The number of nitrogens with one attached hydrogen (secondary N) is 1. The SMILES string of the molecule is CCN1CCN(C(=O)c2cc(C(=O)Nc3cccc(C(=O)OC)c3)ccn2)CC1. The van der Waals surface area contributed by atoms with Gasteiger partial charge in [0.1, 0.15) is 5.69 Å². The Balaban J connectivity index is 1.70. The van der Waals surface area contributed by atoms with Crippen molar-refractivity contribution in [2.45, 2.75) is 6.92 Å². The molecule has 8 nitrogen and oxygen atoms in total. The number of pyridine rings is 1. The zero-order valence-electron chi connectivity index (χ0n) is 16.6. The molecule has 1 aliphatic rings. The Labute approximate surface area is 169 Å². The van der Waals surface area contributed by atoms with E-state index in [1.165, 1.54) is 25.4 Å². The van der Waals surface area contributed by atoms with E-state index in [2.05, 4.69) is 26.9 Å². The fourth-order valence-electron chi connectivity index (χ4n) is 3.16. The van der Waals surface area contributed by atoms with Gasteiger partial charge in [-0.15, -0.1) is 0 Å². The molecule has 2 aromatic rings. The van der Waals surface area contributed by atoms with Gasteiger partial charge in [0.05, 0.1) is 12.7 Å². The van der Waals surface area contributed by atoms with E-state index in [0.29, 0.717) is 29.9 Å². The van der Waals surface area contributed by atoms with Gasteiger partial charge in [-0.2, -0.15) is 0 Å². The quantitative estimate of drug-likeness (QED) is 0.776. The molecule has 1 aromatic carbocycles. The second-order valence-corrected chi connectivity index (χ2v) is 6.68. The van der Waals surface area contributed by atoms with Crippen LogP contribution >= 0.6 is 0 Å². The lowest BCUT2D eigenvalue weighted by molar-refractivity contribution is 0.0599. The molecule has 2 amide bonds. The predicted molar refractivity (Wildman–Crippen MR) is 108 cm³/mol. The molecule has 0 unspecified atom stereocenters. The third kappa shape index (κ3) is 4.97. The summed E-state index contributed by atoms with van der Waals surface area (Å²) in [5, 5.41) is 2.73. The van der Waals surface area contributed by atoms with Crippen LogP contribution in [0.4, 0.5) is 5.69 Å². The van der Waals surface area contributed by atoms with Crippen molar-refractivity contribution in [1.82, 2.24) is 14.8 Å². The first-order valence-electron chi connectivity index (χ1n) is 9.49. The van der Waals surface area contributed by atoms with Gasteiger partial charge in [0.15, 0.2) is 0 Å². The normalized spacial score (nSPS) is 14.3. The van der Waals surface area contributed by atoms with E-state index in [1.807, 2.05) is 0 Å². The van der Waals surface area contributed by atoms with Crippen molar-refractivity contribution in [2.75, 3.05) is 45.2 Å². The van der Waals surface area contributed by atoms with Crippen molar-refractivity contribution in [3.8, 4) is 0 Å². The summed E-state index contributed by atoms with van der Waals surface area (Å²) in [6.45, 7) is 6.02. The van der Waals surface area contributed by atoms with E-state index in [9.17, 15) is 14.4 Å². The lowest BCUT2D eigenvalue weighted by atomic mass is 10.1. The lowest BCUT2D eigenvalue weighted by Gasteiger charge is -2.33. The maximum atomic E-state index is 12.7. The fourth-order valence-corrected chi connectivity index (χ4v) is 3.16. The lowest BCUT2D eigenvalue weighted by Crippen LogP contribution is -2.48. The number of amides is 2. The van der Waals surface area contributed by atoms with Gasteiger partial charge in [-0.3, -0.25) is 14.6 Å². The Bertz CT molecular complexity index is 907. The number of hydrogen-bond donors (Lipinski definition) is 1. The molecule has 0 radical (unpaired) electrons. The van der Waals surface area contributed by atoms with Crippen LogP contribution in [0.3, 0.4) is 0 Å². The summed E-state index contributed by atoms with van der Waals surface area (Å²) in [6.07, 6.45) is 1.45. The van der Waals surface area contributed by atoms with Gasteiger partial charge >= 0.3 is 5.97 Å². The first-order chi connectivity index (χ1) is 14.0. The summed E-state index contributed by atoms with van der Waals surface area (Å²) in [7, 11) is 1.30. The summed E-state index contributed by atoms with van der Waals surface area (Å²) in [4.78, 5) is 45.2. The zero-order valence-corrected chi connectivity index (χ0v) is 16.6. The largest absolute Gasteiger partial charge is 0.465 e. The van der Waals surface area contributed by atoms with Crippen molar-refractivity contribution in [3.63, 3.8) is 0 Å². The average Bonchev–Trinajstić information content (AvgIpc) is 2.78. The van der Waals surface area contributed by atoms with E-state index in [-0.39, 0.29) is 17.5 Å². The number of benzene rings is 1. The first-order valence-corrected chi connectivity index (χ1v) is 9.49. The smallest absolute Gasteiger partial charge is 0.337 e. The predicted octanol–water partition coefficient (Wildman–Crippen LogP) is 1.90. The summed E-state index contributed by atoms with van der Waals surface area (Å²) in [6, 6.07) is 9.50. The van der Waals surface area contributed by atoms with Crippen LogP contribution in [0.5, 0.6) is 0 Å². The minimum absolute atomic E-state index is 0.178. The van der Waals surface area contributed by atoms with Crippen molar-refractivity contribution >= 4 is 23.5 Å². The minimum atomic E-state index is -0.485. The number of piperazine rings is 1. The number of carbonyl (C=O) groups is 3. The van der Waals surface area contributed by atoms with Gasteiger partial charge in [-0.25, -0.2) is 4.79 Å².